The van der Waals surface area contributed by atoms with Crippen LogP contribution in [0.1, 0.15) is 20.8 Å². The third-order valence-corrected chi connectivity index (χ3v) is 5.48. The van der Waals surface area contributed by atoms with Gasteiger partial charge in [0, 0.05) is 21.2 Å². The smallest absolute Gasteiger partial charge is 0.203 e. The largest absolute Gasteiger partial charge is 0.508 e. The van der Waals surface area contributed by atoms with E-state index in [0.29, 0.717) is 10.4 Å². The summed E-state index contributed by atoms with van der Waals surface area (Å²) < 4.78 is 14.2. The predicted octanol–water partition coefficient (Wildman–Crippen LogP) is 5.95. The molecular formula is C22H15FO2S. The van der Waals surface area contributed by atoms with Crippen molar-refractivity contribution in [3.05, 3.63) is 88.6 Å². The molecule has 0 unspecified atom stereocenters. The van der Waals surface area contributed by atoms with E-state index < -0.39 is 0 Å². The van der Waals surface area contributed by atoms with E-state index in [9.17, 15) is 14.3 Å². The molecule has 1 N–H and O–H groups in total. The van der Waals surface area contributed by atoms with E-state index in [4.69, 9.17) is 0 Å². The van der Waals surface area contributed by atoms with Crippen LogP contribution in [-0.2, 0) is 0 Å². The predicted molar refractivity (Wildman–Crippen MR) is 103 cm³/mol. The highest BCUT2D eigenvalue weighted by Gasteiger charge is 2.21. The average molecular weight is 362 g/mol. The molecule has 0 spiro atoms. The van der Waals surface area contributed by atoms with Crippen LogP contribution in [0.15, 0.2) is 66.7 Å². The van der Waals surface area contributed by atoms with Crippen LogP contribution in [0.2, 0.25) is 0 Å². The topological polar surface area (TPSA) is 37.3 Å². The van der Waals surface area contributed by atoms with Gasteiger partial charge in [0.25, 0.3) is 0 Å². The molecule has 4 rings (SSSR count). The van der Waals surface area contributed by atoms with E-state index in [1.54, 1.807) is 30.3 Å². The zero-order chi connectivity index (χ0) is 18.3. The first-order valence-electron chi connectivity index (χ1n) is 8.16. The minimum Gasteiger partial charge on any atom is -0.508 e. The van der Waals surface area contributed by atoms with Crippen LogP contribution in [0.5, 0.6) is 5.75 Å². The second-order valence-electron chi connectivity index (χ2n) is 6.19. The standard InChI is InChI=1S/C22H15FO2S/c1-13-2-4-15(5-3-13)21(25)22-20(14-6-8-16(23)9-7-14)18-11-10-17(24)12-19(18)26-22/h2-12,24H,1H3. The quantitative estimate of drug-likeness (QED) is 0.457. The molecule has 0 atom stereocenters. The third kappa shape index (κ3) is 2.89. The van der Waals surface area contributed by atoms with Crippen molar-refractivity contribution in [3.8, 4) is 16.9 Å². The van der Waals surface area contributed by atoms with Gasteiger partial charge in [0.05, 0.1) is 4.88 Å². The molecule has 128 valence electrons. The van der Waals surface area contributed by atoms with Crippen LogP contribution in [0.25, 0.3) is 21.2 Å². The number of aryl methyl sites for hydroxylation is 1. The molecule has 0 amide bonds. The first-order chi connectivity index (χ1) is 12.5. The lowest BCUT2D eigenvalue weighted by molar-refractivity contribution is 0.104. The Morgan fingerprint density at radius 2 is 1.65 bits per heavy atom. The summed E-state index contributed by atoms with van der Waals surface area (Å²) in [6, 6.07) is 18.6. The number of aromatic hydroxyl groups is 1. The lowest BCUT2D eigenvalue weighted by Crippen LogP contribution is -2.00. The van der Waals surface area contributed by atoms with Crippen molar-refractivity contribution in [1.29, 1.82) is 0 Å². The minimum atomic E-state index is -0.322. The fourth-order valence-electron chi connectivity index (χ4n) is 2.98. The SMILES string of the molecule is Cc1ccc(C(=O)c2sc3cc(O)ccc3c2-c2ccc(F)cc2)cc1. The molecule has 4 aromatic rings. The van der Waals surface area contributed by atoms with Crippen molar-refractivity contribution in [3.63, 3.8) is 0 Å². The summed E-state index contributed by atoms with van der Waals surface area (Å²) in [7, 11) is 0. The molecule has 4 heteroatoms. The highest BCUT2D eigenvalue weighted by Crippen LogP contribution is 2.41. The highest BCUT2D eigenvalue weighted by molar-refractivity contribution is 7.21. The van der Waals surface area contributed by atoms with Gasteiger partial charge in [-0.1, -0.05) is 42.0 Å². The number of carbonyl (C=O) groups excluding carboxylic acids is 1. The zero-order valence-corrected chi connectivity index (χ0v) is 14.8. The molecule has 0 fully saturated rings. The Balaban J connectivity index is 1.95. The maximum Gasteiger partial charge on any atom is 0.203 e. The molecule has 3 aromatic carbocycles. The summed E-state index contributed by atoms with van der Waals surface area (Å²) in [5.74, 6) is -0.249. The van der Waals surface area contributed by atoms with E-state index in [0.717, 1.165) is 26.8 Å². The van der Waals surface area contributed by atoms with Gasteiger partial charge in [0.2, 0.25) is 5.78 Å². The number of benzene rings is 3. The molecule has 0 aliphatic heterocycles. The van der Waals surface area contributed by atoms with Crippen molar-refractivity contribution in [2.24, 2.45) is 0 Å². The van der Waals surface area contributed by atoms with E-state index in [2.05, 4.69) is 0 Å². The Morgan fingerprint density at radius 3 is 2.35 bits per heavy atom. The summed E-state index contributed by atoms with van der Waals surface area (Å²) in [5, 5.41) is 10.7. The molecule has 2 nitrogen and oxygen atoms in total. The van der Waals surface area contributed by atoms with Crippen molar-refractivity contribution in [2.45, 2.75) is 6.92 Å². The summed E-state index contributed by atoms with van der Waals surface area (Å²) in [4.78, 5) is 13.7. The molecular weight excluding hydrogens is 347 g/mol. The van der Waals surface area contributed by atoms with Gasteiger partial charge >= 0.3 is 0 Å². The van der Waals surface area contributed by atoms with Gasteiger partial charge in [-0.2, -0.15) is 0 Å². The average Bonchev–Trinajstić information content (AvgIpc) is 3.01. The van der Waals surface area contributed by atoms with E-state index in [1.807, 2.05) is 31.2 Å². The van der Waals surface area contributed by atoms with Gasteiger partial charge in [-0.05, 0) is 42.8 Å². The van der Waals surface area contributed by atoms with Crippen LogP contribution >= 0.6 is 11.3 Å². The number of hydrogen-bond donors (Lipinski definition) is 1. The molecule has 0 aliphatic carbocycles. The van der Waals surface area contributed by atoms with Crippen molar-refractivity contribution >= 4 is 27.2 Å². The molecule has 0 radical (unpaired) electrons. The normalized spacial score (nSPS) is 11.0. The molecule has 0 saturated carbocycles. The van der Waals surface area contributed by atoms with Gasteiger partial charge in [0.15, 0.2) is 0 Å². The molecule has 0 saturated heterocycles. The van der Waals surface area contributed by atoms with Crippen molar-refractivity contribution < 1.29 is 14.3 Å². The Hall–Kier alpha value is -2.98. The van der Waals surface area contributed by atoms with Gasteiger partial charge < -0.3 is 5.11 Å². The molecule has 26 heavy (non-hydrogen) atoms. The van der Waals surface area contributed by atoms with Crippen LogP contribution < -0.4 is 0 Å². The molecule has 0 bridgehead atoms. The van der Waals surface area contributed by atoms with Gasteiger partial charge in [-0.3, -0.25) is 4.79 Å². The number of rotatable bonds is 3. The van der Waals surface area contributed by atoms with Gasteiger partial charge in [-0.15, -0.1) is 11.3 Å². The Labute approximate surface area is 154 Å². The van der Waals surface area contributed by atoms with Crippen LogP contribution in [0.4, 0.5) is 4.39 Å². The first kappa shape index (κ1) is 16.5. The van der Waals surface area contributed by atoms with Crippen molar-refractivity contribution in [1.82, 2.24) is 0 Å². The number of phenols is 1. The Kier molecular flexibility index (Phi) is 4.05. The maximum absolute atomic E-state index is 13.4. The molecule has 0 aliphatic rings. The fourth-order valence-corrected chi connectivity index (χ4v) is 4.20. The minimum absolute atomic E-state index is 0.0787. The summed E-state index contributed by atoms with van der Waals surface area (Å²) >= 11 is 1.34. The number of carbonyl (C=O) groups is 1. The Bertz CT molecular complexity index is 1110. The number of hydrogen-bond acceptors (Lipinski definition) is 3. The number of fused-ring (bicyclic) bond motifs is 1. The summed E-state index contributed by atoms with van der Waals surface area (Å²) in [6.45, 7) is 1.97. The number of phenolic OH excluding ortho intramolecular Hbond substituents is 1. The van der Waals surface area contributed by atoms with Crippen LogP contribution in [0, 0.1) is 12.7 Å². The highest BCUT2D eigenvalue weighted by atomic mass is 32.1. The number of ketones is 1. The third-order valence-electron chi connectivity index (χ3n) is 4.33. The van der Waals surface area contributed by atoms with Gasteiger partial charge in [0.1, 0.15) is 11.6 Å². The van der Waals surface area contributed by atoms with Gasteiger partial charge in [-0.25, -0.2) is 4.39 Å². The monoisotopic (exact) mass is 362 g/mol. The zero-order valence-electron chi connectivity index (χ0n) is 14.0. The molecule has 1 aromatic heterocycles. The second kappa shape index (κ2) is 6.39. The van der Waals surface area contributed by atoms with E-state index in [1.165, 1.54) is 23.5 Å². The van der Waals surface area contributed by atoms with Crippen molar-refractivity contribution in [2.75, 3.05) is 0 Å². The first-order valence-corrected chi connectivity index (χ1v) is 8.97. The Morgan fingerprint density at radius 1 is 0.962 bits per heavy atom. The second-order valence-corrected chi connectivity index (χ2v) is 7.24. The molecule has 1 heterocycles. The number of halogens is 1. The summed E-state index contributed by atoms with van der Waals surface area (Å²) in [6.07, 6.45) is 0. The number of thiophene rings is 1. The lowest BCUT2D eigenvalue weighted by Gasteiger charge is -2.06. The van der Waals surface area contributed by atoms with E-state index in [-0.39, 0.29) is 17.3 Å². The maximum atomic E-state index is 13.4. The lowest BCUT2D eigenvalue weighted by atomic mass is 9.98. The van der Waals surface area contributed by atoms with Crippen LogP contribution in [0.3, 0.4) is 0 Å². The summed E-state index contributed by atoms with van der Waals surface area (Å²) in [5.41, 5.74) is 3.24. The van der Waals surface area contributed by atoms with E-state index >= 15 is 0 Å². The fraction of sp³-hybridized carbons (Fsp3) is 0.0455. The van der Waals surface area contributed by atoms with Crippen LogP contribution in [-0.4, -0.2) is 10.9 Å².